The van der Waals surface area contributed by atoms with Crippen LogP contribution < -0.4 is 16.0 Å². The molecule has 0 bridgehead atoms. The Morgan fingerprint density at radius 1 is 1.07 bits per heavy atom. The number of pyridine rings is 1. The Kier molecular flexibility index (Phi) is 6.63. The van der Waals surface area contributed by atoms with Gasteiger partial charge in [0.1, 0.15) is 5.82 Å². The van der Waals surface area contributed by atoms with Crippen molar-refractivity contribution in [3.63, 3.8) is 0 Å². The smallest absolute Gasteiger partial charge is 0.229 e. The quantitative estimate of drug-likeness (QED) is 0.782. The molecule has 2 aliphatic rings. The van der Waals surface area contributed by atoms with Crippen LogP contribution in [0.5, 0.6) is 0 Å². The second-order valence-electron chi connectivity index (χ2n) is 9.42. The van der Waals surface area contributed by atoms with Crippen LogP contribution in [0.25, 0.3) is 0 Å². The number of rotatable bonds is 4. The van der Waals surface area contributed by atoms with Crippen molar-refractivity contribution in [1.82, 2.24) is 9.88 Å². The molecular weight excluding hydrogens is 382 g/mol. The molecule has 2 saturated heterocycles. The maximum Gasteiger partial charge on any atom is 0.229 e. The molecule has 0 aliphatic carbocycles. The van der Waals surface area contributed by atoms with Gasteiger partial charge in [-0.25, -0.2) is 4.98 Å². The van der Waals surface area contributed by atoms with Gasteiger partial charge in [0.15, 0.2) is 0 Å². The number of likely N-dealkylation sites (tertiary alicyclic amines) is 1. The van der Waals surface area contributed by atoms with Crippen molar-refractivity contribution in [3.05, 3.63) is 18.3 Å². The number of nitrogens with zero attached hydrogens (tertiary/aromatic N) is 3. The summed E-state index contributed by atoms with van der Waals surface area (Å²) in [5, 5.41) is 2.93. The molecule has 30 heavy (non-hydrogen) atoms. The first kappa shape index (κ1) is 22.1. The van der Waals surface area contributed by atoms with Gasteiger partial charge in [0, 0.05) is 31.6 Å². The van der Waals surface area contributed by atoms with Crippen molar-refractivity contribution in [2.75, 3.05) is 36.4 Å². The highest BCUT2D eigenvalue weighted by Crippen LogP contribution is 2.25. The number of primary amides is 1. The molecule has 1 aromatic heterocycles. The van der Waals surface area contributed by atoms with E-state index in [0.29, 0.717) is 25.3 Å². The Morgan fingerprint density at radius 3 is 2.40 bits per heavy atom. The minimum Gasteiger partial charge on any atom is -0.369 e. The van der Waals surface area contributed by atoms with Crippen LogP contribution in [0.3, 0.4) is 0 Å². The molecule has 2 unspecified atom stereocenters. The lowest BCUT2D eigenvalue weighted by Gasteiger charge is -2.35. The summed E-state index contributed by atoms with van der Waals surface area (Å²) < 4.78 is 0. The summed E-state index contributed by atoms with van der Waals surface area (Å²) in [7, 11) is 0. The number of amides is 3. The van der Waals surface area contributed by atoms with Crippen LogP contribution in [-0.4, -0.2) is 53.8 Å². The molecule has 2 atom stereocenters. The van der Waals surface area contributed by atoms with E-state index in [2.05, 4.69) is 15.2 Å². The topological polar surface area (TPSA) is 109 Å². The first-order valence-corrected chi connectivity index (χ1v) is 10.8. The van der Waals surface area contributed by atoms with Crippen molar-refractivity contribution < 1.29 is 14.4 Å². The van der Waals surface area contributed by atoms with Crippen molar-refractivity contribution in [2.45, 2.75) is 46.5 Å². The lowest BCUT2D eigenvalue weighted by Crippen LogP contribution is -2.47. The summed E-state index contributed by atoms with van der Waals surface area (Å²) in [6.45, 7) is 8.28. The average molecular weight is 416 g/mol. The minimum absolute atomic E-state index is 0.0808. The highest BCUT2D eigenvalue weighted by Gasteiger charge is 2.33. The van der Waals surface area contributed by atoms with E-state index in [1.54, 1.807) is 11.1 Å². The number of nitrogens with two attached hydrogens (primary N) is 1. The predicted octanol–water partition coefficient (Wildman–Crippen LogP) is 2.01. The van der Waals surface area contributed by atoms with Gasteiger partial charge in [-0.3, -0.25) is 14.4 Å². The van der Waals surface area contributed by atoms with Gasteiger partial charge in [0.2, 0.25) is 17.7 Å². The molecule has 3 amide bonds. The zero-order valence-electron chi connectivity index (χ0n) is 18.2. The van der Waals surface area contributed by atoms with Gasteiger partial charge in [-0.15, -0.1) is 0 Å². The molecule has 2 fully saturated rings. The standard InChI is InChI=1S/C22H33N5O3/c1-22(2,3)21(30)27-11-5-7-16(14-27)20(29)25-17-8-9-18(24-12-17)26-10-4-6-15(13-26)19(23)28/h8-9,12,15-16H,4-7,10-11,13-14H2,1-3H3,(H2,23,28)(H,25,29). The first-order valence-electron chi connectivity index (χ1n) is 10.8. The largest absolute Gasteiger partial charge is 0.369 e. The van der Waals surface area contributed by atoms with E-state index < -0.39 is 5.41 Å². The highest BCUT2D eigenvalue weighted by molar-refractivity contribution is 5.93. The Bertz CT molecular complexity index is 787. The number of piperidine rings is 2. The number of carbonyl (C=O) groups excluding carboxylic acids is 3. The number of anilines is 2. The molecule has 8 nitrogen and oxygen atoms in total. The summed E-state index contributed by atoms with van der Waals surface area (Å²) in [5.74, 6) is 0.145. The molecular formula is C22H33N5O3. The van der Waals surface area contributed by atoms with Crippen LogP contribution in [0.15, 0.2) is 18.3 Å². The third-order valence-electron chi connectivity index (χ3n) is 5.88. The molecule has 0 radical (unpaired) electrons. The third kappa shape index (κ3) is 5.29. The van der Waals surface area contributed by atoms with E-state index in [1.807, 2.05) is 32.9 Å². The number of aromatic nitrogens is 1. The highest BCUT2D eigenvalue weighted by atomic mass is 16.2. The van der Waals surface area contributed by atoms with E-state index in [-0.39, 0.29) is 29.6 Å². The molecule has 0 saturated carbocycles. The van der Waals surface area contributed by atoms with Crippen LogP contribution in [0.2, 0.25) is 0 Å². The molecule has 2 aliphatic heterocycles. The van der Waals surface area contributed by atoms with Crippen LogP contribution in [0.4, 0.5) is 11.5 Å². The zero-order chi connectivity index (χ0) is 21.9. The second kappa shape index (κ2) is 9.02. The van der Waals surface area contributed by atoms with Crippen LogP contribution in [-0.2, 0) is 14.4 Å². The lowest BCUT2D eigenvalue weighted by atomic mass is 9.91. The van der Waals surface area contributed by atoms with Gasteiger partial charge < -0.3 is 20.9 Å². The number of hydrogen-bond acceptors (Lipinski definition) is 5. The first-order chi connectivity index (χ1) is 14.1. The Hall–Kier alpha value is -2.64. The van der Waals surface area contributed by atoms with Crippen molar-refractivity contribution in [3.8, 4) is 0 Å². The number of carbonyl (C=O) groups is 3. The molecule has 1 aromatic rings. The fourth-order valence-electron chi connectivity index (χ4n) is 4.16. The van der Waals surface area contributed by atoms with Gasteiger partial charge in [0.25, 0.3) is 0 Å². The Morgan fingerprint density at radius 2 is 1.77 bits per heavy atom. The summed E-state index contributed by atoms with van der Waals surface area (Å²) >= 11 is 0. The second-order valence-corrected chi connectivity index (χ2v) is 9.42. The van der Waals surface area contributed by atoms with Gasteiger partial charge in [-0.1, -0.05) is 20.8 Å². The summed E-state index contributed by atoms with van der Waals surface area (Å²) in [4.78, 5) is 45.1. The molecule has 3 rings (SSSR count). The van der Waals surface area contributed by atoms with E-state index in [0.717, 1.165) is 38.0 Å². The van der Waals surface area contributed by atoms with Crippen LogP contribution in [0, 0.1) is 17.3 Å². The molecule has 164 valence electrons. The van der Waals surface area contributed by atoms with E-state index in [9.17, 15) is 14.4 Å². The molecule has 3 heterocycles. The normalized spacial score (nSPS) is 22.5. The maximum absolute atomic E-state index is 12.8. The van der Waals surface area contributed by atoms with Gasteiger partial charge in [-0.05, 0) is 37.8 Å². The fraction of sp³-hybridized carbons (Fsp3) is 0.636. The fourth-order valence-corrected chi connectivity index (χ4v) is 4.16. The van der Waals surface area contributed by atoms with E-state index >= 15 is 0 Å². The van der Waals surface area contributed by atoms with Crippen LogP contribution >= 0.6 is 0 Å². The number of nitrogens with one attached hydrogen (secondary N) is 1. The Labute approximate surface area is 178 Å². The lowest BCUT2D eigenvalue weighted by molar-refractivity contribution is -0.142. The van der Waals surface area contributed by atoms with Gasteiger partial charge in [-0.2, -0.15) is 0 Å². The molecule has 3 N–H and O–H groups in total. The SMILES string of the molecule is CC(C)(C)C(=O)N1CCCC(C(=O)Nc2ccc(N3CCCC(C(N)=O)C3)nc2)C1. The van der Waals surface area contributed by atoms with Crippen molar-refractivity contribution in [1.29, 1.82) is 0 Å². The van der Waals surface area contributed by atoms with Crippen molar-refractivity contribution >= 4 is 29.2 Å². The van der Waals surface area contributed by atoms with E-state index in [1.165, 1.54) is 0 Å². The predicted molar refractivity (Wildman–Crippen MR) is 116 cm³/mol. The van der Waals surface area contributed by atoms with Gasteiger partial charge in [0.05, 0.1) is 23.7 Å². The summed E-state index contributed by atoms with van der Waals surface area (Å²) in [6, 6.07) is 3.68. The third-order valence-corrected chi connectivity index (χ3v) is 5.88. The monoisotopic (exact) mass is 415 g/mol. The Balaban J connectivity index is 1.58. The van der Waals surface area contributed by atoms with Gasteiger partial charge >= 0.3 is 0 Å². The summed E-state index contributed by atoms with van der Waals surface area (Å²) in [6.07, 6.45) is 4.96. The average Bonchev–Trinajstić information content (AvgIpc) is 2.73. The maximum atomic E-state index is 12.8. The van der Waals surface area contributed by atoms with E-state index in [4.69, 9.17) is 5.73 Å². The molecule has 0 aromatic carbocycles. The van der Waals surface area contributed by atoms with Crippen LogP contribution in [0.1, 0.15) is 46.5 Å². The molecule has 8 heteroatoms. The zero-order valence-corrected chi connectivity index (χ0v) is 18.2. The molecule has 0 spiro atoms. The van der Waals surface area contributed by atoms with Crippen molar-refractivity contribution in [2.24, 2.45) is 23.0 Å². The minimum atomic E-state index is -0.444. The number of hydrogen-bond donors (Lipinski definition) is 2. The summed E-state index contributed by atoms with van der Waals surface area (Å²) in [5.41, 5.74) is 5.64.